The van der Waals surface area contributed by atoms with Crippen LogP contribution in [0, 0.1) is 0 Å². The molecule has 1 amide bonds. The van der Waals surface area contributed by atoms with Gasteiger partial charge in [-0.05, 0) is 40.9 Å². The number of alkyl halides is 3. The molecule has 10 heteroatoms. The van der Waals surface area contributed by atoms with Crippen LogP contribution >= 0.6 is 15.9 Å². The molecule has 27 heavy (non-hydrogen) atoms. The Bertz CT molecular complexity index is 894. The lowest BCUT2D eigenvalue weighted by Gasteiger charge is -2.19. The fourth-order valence-corrected chi connectivity index (χ4v) is 3.79. The predicted molar refractivity (Wildman–Crippen MR) is 93.0 cm³/mol. The van der Waals surface area contributed by atoms with Crippen LogP contribution in [0.4, 0.5) is 18.9 Å². The SMILES string of the molecule is O=C(Cn1nc(C(F)(F)F)c(Br)c1C1CC1)Nc1ccc2c(c1)OCCO2. The van der Waals surface area contributed by atoms with E-state index in [1.807, 2.05) is 0 Å². The second kappa shape index (κ2) is 6.74. The minimum Gasteiger partial charge on any atom is -0.486 e. The van der Waals surface area contributed by atoms with Crippen LogP contribution in [-0.4, -0.2) is 28.9 Å². The van der Waals surface area contributed by atoms with Crippen LogP contribution in [0.5, 0.6) is 11.5 Å². The Morgan fingerprint density at radius 3 is 2.63 bits per heavy atom. The summed E-state index contributed by atoms with van der Waals surface area (Å²) in [5.41, 5.74) is -0.115. The number of ether oxygens (including phenoxy) is 2. The molecule has 1 N–H and O–H groups in total. The summed E-state index contributed by atoms with van der Waals surface area (Å²) in [5, 5.41) is 6.30. The first-order valence-corrected chi connectivity index (χ1v) is 9.15. The lowest BCUT2D eigenvalue weighted by molar-refractivity contribution is -0.142. The van der Waals surface area contributed by atoms with E-state index in [4.69, 9.17) is 9.47 Å². The minimum absolute atomic E-state index is 0.00920. The highest BCUT2D eigenvalue weighted by atomic mass is 79.9. The normalized spacial score (nSPS) is 16.3. The first kappa shape index (κ1) is 18.1. The Morgan fingerprint density at radius 2 is 1.96 bits per heavy atom. The molecule has 0 spiro atoms. The van der Waals surface area contributed by atoms with Gasteiger partial charge in [-0.25, -0.2) is 0 Å². The van der Waals surface area contributed by atoms with Crippen molar-refractivity contribution in [3.05, 3.63) is 34.1 Å². The van der Waals surface area contributed by atoms with E-state index in [-0.39, 0.29) is 16.9 Å². The van der Waals surface area contributed by atoms with Crippen molar-refractivity contribution in [2.75, 3.05) is 18.5 Å². The van der Waals surface area contributed by atoms with Crippen molar-refractivity contribution in [3.63, 3.8) is 0 Å². The summed E-state index contributed by atoms with van der Waals surface area (Å²) < 4.78 is 51.3. The standard InChI is InChI=1S/C17H15BrF3N3O3/c18-14-15(9-1-2-9)24(23-16(14)17(19,20)21)8-13(25)22-10-3-4-11-12(7-10)27-6-5-26-11/h3-4,7,9H,1-2,5-6,8H2,(H,22,25). The number of nitrogens with one attached hydrogen (secondary N) is 1. The summed E-state index contributed by atoms with van der Waals surface area (Å²) in [7, 11) is 0. The number of hydrogen-bond donors (Lipinski definition) is 1. The molecule has 0 saturated heterocycles. The van der Waals surface area contributed by atoms with E-state index in [1.54, 1.807) is 18.2 Å². The van der Waals surface area contributed by atoms with E-state index in [1.165, 1.54) is 0 Å². The number of fused-ring (bicyclic) bond motifs is 1. The number of carbonyl (C=O) groups excluding carboxylic acids is 1. The molecule has 1 fully saturated rings. The third-order valence-corrected chi connectivity index (χ3v) is 5.07. The first-order chi connectivity index (χ1) is 12.8. The third kappa shape index (κ3) is 3.76. The highest BCUT2D eigenvalue weighted by Gasteiger charge is 2.41. The summed E-state index contributed by atoms with van der Waals surface area (Å²) in [6, 6.07) is 4.94. The fraction of sp³-hybridized carbons (Fsp3) is 0.412. The van der Waals surface area contributed by atoms with Crippen molar-refractivity contribution >= 4 is 27.5 Å². The average molecular weight is 446 g/mol. The molecule has 2 aliphatic rings. The summed E-state index contributed by atoms with van der Waals surface area (Å²) in [6.45, 7) is 0.560. The number of halogens is 4. The number of anilines is 1. The van der Waals surface area contributed by atoms with Gasteiger partial charge in [0.1, 0.15) is 19.8 Å². The highest BCUT2D eigenvalue weighted by molar-refractivity contribution is 9.10. The van der Waals surface area contributed by atoms with Crippen LogP contribution in [-0.2, 0) is 17.5 Å². The molecule has 0 atom stereocenters. The molecule has 1 saturated carbocycles. The highest BCUT2D eigenvalue weighted by Crippen LogP contribution is 2.47. The number of hydrogen-bond acceptors (Lipinski definition) is 4. The molecular formula is C17H15BrF3N3O3. The maximum Gasteiger partial charge on any atom is 0.436 e. The summed E-state index contributed by atoms with van der Waals surface area (Å²) in [6.07, 6.45) is -3.02. The Kier molecular flexibility index (Phi) is 4.53. The quantitative estimate of drug-likeness (QED) is 0.773. The Labute approximate surface area is 160 Å². The maximum absolute atomic E-state index is 13.1. The Balaban J connectivity index is 1.53. The molecular weight excluding hydrogens is 431 g/mol. The zero-order valence-electron chi connectivity index (χ0n) is 14.0. The van der Waals surface area contributed by atoms with Crippen LogP contribution in [0.25, 0.3) is 0 Å². The monoisotopic (exact) mass is 445 g/mol. The lowest BCUT2D eigenvalue weighted by Crippen LogP contribution is -2.21. The van der Waals surface area contributed by atoms with Gasteiger partial charge in [-0.1, -0.05) is 0 Å². The van der Waals surface area contributed by atoms with Gasteiger partial charge in [0.05, 0.1) is 10.2 Å². The smallest absolute Gasteiger partial charge is 0.436 e. The van der Waals surface area contributed by atoms with E-state index < -0.39 is 17.8 Å². The molecule has 144 valence electrons. The molecule has 4 rings (SSSR count). The Morgan fingerprint density at radius 1 is 1.26 bits per heavy atom. The number of benzene rings is 1. The Hall–Kier alpha value is -2.23. The van der Waals surface area contributed by atoms with Gasteiger partial charge < -0.3 is 14.8 Å². The van der Waals surface area contributed by atoms with Crippen molar-refractivity contribution in [3.8, 4) is 11.5 Å². The number of rotatable bonds is 4. The van der Waals surface area contributed by atoms with Crippen LogP contribution < -0.4 is 14.8 Å². The maximum atomic E-state index is 13.1. The number of amides is 1. The molecule has 1 aromatic carbocycles. The zero-order valence-corrected chi connectivity index (χ0v) is 15.6. The van der Waals surface area contributed by atoms with Crippen molar-refractivity contribution in [2.24, 2.45) is 0 Å². The molecule has 2 heterocycles. The van der Waals surface area contributed by atoms with Crippen molar-refractivity contribution in [2.45, 2.75) is 31.5 Å². The van der Waals surface area contributed by atoms with Gasteiger partial charge in [-0.3, -0.25) is 9.48 Å². The summed E-state index contributed by atoms with van der Waals surface area (Å²) >= 11 is 3.01. The molecule has 1 aliphatic heterocycles. The molecule has 0 unspecified atom stereocenters. The number of nitrogens with zero attached hydrogens (tertiary/aromatic N) is 2. The van der Waals surface area contributed by atoms with Gasteiger partial charge >= 0.3 is 6.18 Å². The van der Waals surface area contributed by atoms with Gasteiger partial charge in [0.2, 0.25) is 5.91 Å². The van der Waals surface area contributed by atoms with Gasteiger partial charge in [-0.15, -0.1) is 0 Å². The van der Waals surface area contributed by atoms with E-state index in [2.05, 4.69) is 26.3 Å². The number of carbonyl (C=O) groups is 1. The van der Waals surface area contributed by atoms with Crippen molar-refractivity contribution in [1.29, 1.82) is 0 Å². The van der Waals surface area contributed by atoms with Crippen molar-refractivity contribution in [1.82, 2.24) is 9.78 Å². The van der Waals surface area contributed by atoms with E-state index >= 15 is 0 Å². The van der Waals surface area contributed by atoms with Crippen LogP contribution in [0.1, 0.15) is 30.1 Å². The van der Waals surface area contributed by atoms with Gasteiger partial charge in [0.25, 0.3) is 0 Å². The molecule has 0 radical (unpaired) electrons. The summed E-state index contributed by atoms with van der Waals surface area (Å²) in [4.78, 5) is 12.4. The largest absolute Gasteiger partial charge is 0.486 e. The fourth-order valence-electron chi connectivity index (χ4n) is 2.96. The first-order valence-electron chi connectivity index (χ1n) is 8.36. The van der Waals surface area contributed by atoms with Crippen LogP contribution in [0.2, 0.25) is 0 Å². The molecule has 0 bridgehead atoms. The summed E-state index contributed by atoms with van der Waals surface area (Å²) in [5.74, 6) is 0.613. The predicted octanol–water partition coefficient (Wildman–Crippen LogP) is 3.95. The van der Waals surface area contributed by atoms with E-state index in [0.717, 1.165) is 17.5 Å². The average Bonchev–Trinajstić information content (AvgIpc) is 3.38. The second-order valence-corrected chi connectivity index (χ2v) is 7.18. The number of aromatic nitrogens is 2. The second-order valence-electron chi connectivity index (χ2n) is 6.38. The zero-order chi connectivity index (χ0) is 19.2. The molecule has 1 aromatic heterocycles. The van der Waals surface area contributed by atoms with Crippen LogP contribution in [0.15, 0.2) is 22.7 Å². The lowest BCUT2D eigenvalue weighted by atomic mass is 10.2. The molecule has 6 nitrogen and oxygen atoms in total. The minimum atomic E-state index is -4.58. The van der Waals surface area contributed by atoms with Gasteiger partial charge in [0, 0.05) is 17.7 Å². The van der Waals surface area contributed by atoms with Gasteiger partial charge in [-0.2, -0.15) is 18.3 Å². The third-order valence-electron chi connectivity index (χ3n) is 4.28. The van der Waals surface area contributed by atoms with E-state index in [9.17, 15) is 18.0 Å². The van der Waals surface area contributed by atoms with Crippen molar-refractivity contribution < 1.29 is 27.4 Å². The van der Waals surface area contributed by atoms with E-state index in [0.29, 0.717) is 36.1 Å². The topological polar surface area (TPSA) is 65.4 Å². The van der Waals surface area contributed by atoms with Gasteiger partial charge in [0.15, 0.2) is 17.2 Å². The van der Waals surface area contributed by atoms with Crippen LogP contribution in [0.3, 0.4) is 0 Å². The molecule has 1 aliphatic carbocycles. The molecule has 2 aromatic rings.